The molecule has 0 radical (unpaired) electrons. The molecule has 0 amide bonds. The van der Waals surface area contributed by atoms with Crippen molar-refractivity contribution in [1.29, 1.82) is 0 Å². The van der Waals surface area contributed by atoms with Gasteiger partial charge in [-0.2, -0.15) is 0 Å². The van der Waals surface area contributed by atoms with Gasteiger partial charge in [-0.3, -0.25) is 4.79 Å². The smallest absolute Gasteiger partial charge is 0.162 e. The van der Waals surface area contributed by atoms with Crippen LogP contribution in [0.5, 0.6) is 0 Å². The van der Waals surface area contributed by atoms with Gasteiger partial charge in [0.2, 0.25) is 0 Å². The van der Waals surface area contributed by atoms with Gasteiger partial charge in [0.1, 0.15) is 6.10 Å². The second-order valence-electron chi connectivity index (χ2n) is 2.23. The van der Waals surface area contributed by atoms with Gasteiger partial charge in [-0.1, -0.05) is 6.08 Å². The van der Waals surface area contributed by atoms with E-state index < -0.39 is 0 Å². The van der Waals surface area contributed by atoms with Crippen LogP contribution in [0.2, 0.25) is 0 Å². The molecule has 1 saturated carbocycles. The third-order valence-electron chi connectivity index (χ3n) is 1.70. The Bertz CT molecular complexity index is 140. The van der Waals surface area contributed by atoms with Crippen LogP contribution < -0.4 is 0 Å². The van der Waals surface area contributed by atoms with Crippen LogP contribution in [-0.4, -0.2) is 19.0 Å². The van der Waals surface area contributed by atoms with Crippen molar-refractivity contribution in [3.8, 4) is 0 Å². The molecule has 0 heterocycles. The van der Waals surface area contributed by atoms with Crippen molar-refractivity contribution < 1.29 is 9.53 Å². The predicted molar refractivity (Wildman–Crippen MR) is 34.1 cm³/mol. The van der Waals surface area contributed by atoms with E-state index in [0.717, 1.165) is 0 Å². The first-order valence-electron chi connectivity index (χ1n) is 2.97. The number of Topliss-reactive ketones (excluding diaryl/α,β-unsaturated/α-hetero) is 1. The fourth-order valence-corrected chi connectivity index (χ4v) is 1.05. The molecular formula is C7H10O2. The zero-order valence-corrected chi connectivity index (χ0v) is 5.46. The number of hydrogen-bond acceptors (Lipinski definition) is 2. The predicted octanol–water partition coefficient (Wildman–Crippen LogP) is 0.776. The molecule has 0 aliphatic heterocycles. The third-order valence-corrected chi connectivity index (χ3v) is 1.70. The minimum absolute atomic E-state index is 0.192. The van der Waals surface area contributed by atoms with Crippen molar-refractivity contribution in [3.05, 3.63) is 12.7 Å². The Labute approximate surface area is 54.5 Å². The molecule has 0 N–H and O–H groups in total. The molecular weight excluding hydrogens is 116 g/mol. The Kier molecular flexibility index (Phi) is 1.67. The summed E-state index contributed by atoms with van der Waals surface area (Å²) in [5.74, 6) is 0.463. The van der Waals surface area contributed by atoms with E-state index in [1.54, 1.807) is 13.2 Å². The van der Waals surface area contributed by atoms with Gasteiger partial charge in [-0.05, 0) is 0 Å². The Morgan fingerprint density at radius 1 is 1.89 bits per heavy atom. The van der Waals surface area contributed by atoms with Gasteiger partial charge in [0, 0.05) is 19.4 Å². The van der Waals surface area contributed by atoms with E-state index in [9.17, 15) is 4.79 Å². The van der Waals surface area contributed by atoms with Crippen LogP contribution in [0.4, 0.5) is 0 Å². The maximum Gasteiger partial charge on any atom is 0.162 e. The summed E-state index contributed by atoms with van der Waals surface area (Å²) in [7, 11) is 1.55. The standard InChI is InChI=1S/C7H10O2/c1-3-5-4-6(8)7(5)9-2/h3,5,7H,1,4H2,2H3. The average Bonchev–Trinajstić information content (AvgIpc) is 1.83. The molecule has 0 aromatic heterocycles. The number of rotatable bonds is 2. The number of carbonyl (C=O) groups is 1. The van der Waals surface area contributed by atoms with Gasteiger partial charge in [0.25, 0.3) is 0 Å². The van der Waals surface area contributed by atoms with Crippen LogP contribution in [0.1, 0.15) is 6.42 Å². The van der Waals surface area contributed by atoms with E-state index in [4.69, 9.17) is 4.74 Å². The first-order valence-corrected chi connectivity index (χ1v) is 2.97. The van der Waals surface area contributed by atoms with Crippen molar-refractivity contribution in [2.45, 2.75) is 12.5 Å². The van der Waals surface area contributed by atoms with Crippen molar-refractivity contribution >= 4 is 5.78 Å². The van der Waals surface area contributed by atoms with Gasteiger partial charge in [0.05, 0.1) is 0 Å². The lowest BCUT2D eigenvalue weighted by atomic mass is 9.81. The van der Waals surface area contributed by atoms with E-state index in [1.165, 1.54) is 0 Å². The number of methoxy groups -OCH3 is 1. The largest absolute Gasteiger partial charge is 0.373 e. The van der Waals surface area contributed by atoms with E-state index in [0.29, 0.717) is 6.42 Å². The van der Waals surface area contributed by atoms with E-state index in [1.807, 2.05) is 0 Å². The topological polar surface area (TPSA) is 26.3 Å². The second kappa shape index (κ2) is 2.31. The van der Waals surface area contributed by atoms with Gasteiger partial charge >= 0.3 is 0 Å². The quantitative estimate of drug-likeness (QED) is 0.511. The molecule has 1 aliphatic rings. The maximum atomic E-state index is 10.7. The van der Waals surface area contributed by atoms with E-state index in [-0.39, 0.29) is 17.8 Å². The van der Waals surface area contributed by atoms with Crippen molar-refractivity contribution in [2.75, 3.05) is 7.11 Å². The SMILES string of the molecule is C=CC1CC(=O)C1OC. The molecule has 2 atom stereocenters. The van der Waals surface area contributed by atoms with Crippen molar-refractivity contribution in [3.63, 3.8) is 0 Å². The highest BCUT2D eigenvalue weighted by atomic mass is 16.5. The molecule has 2 heteroatoms. The monoisotopic (exact) mass is 126 g/mol. The highest BCUT2D eigenvalue weighted by Crippen LogP contribution is 2.26. The Morgan fingerprint density at radius 2 is 2.56 bits per heavy atom. The van der Waals surface area contributed by atoms with Crippen LogP contribution in [0.15, 0.2) is 12.7 Å². The lowest BCUT2D eigenvalue weighted by Crippen LogP contribution is -2.42. The van der Waals surface area contributed by atoms with E-state index >= 15 is 0 Å². The molecule has 50 valence electrons. The molecule has 0 saturated heterocycles. The summed E-state index contributed by atoms with van der Waals surface area (Å²) in [6, 6.07) is 0. The highest BCUT2D eigenvalue weighted by molar-refractivity contribution is 5.90. The molecule has 1 aliphatic carbocycles. The number of hydrogen-bond donors (Lipinski definition) is 0. The Morgan fingerprint density at radius 3 is 2.78 bits per heavy atom. The molecule has 1 rings (SSSR count). The normalized spacial score (nSPS) is 33.7. The summed E-state index contributed by atoms with van der Waals surface area (Å²) in [5, 5.41) is 0. The molecule has 0 aromatic carbocycles. The highest BCUT2D eigenvalue weighted by Gasteiger charge is 2.37. The van der Waals surface area contributed by atoms with Crippen molar-refractivity contribution in [2.24, 2.45) is 5.92 Å². The van der Waals surface area contributed by atoms with E-state index in [2.05, 4.69) is 6.58 Å². The molecule has 0 spiro atoms. The minimum Gasteiger partial charge on any atom is -0.373 e. The van der Waals surface area contributed by atoms with Gasteiger partial charge in [-0.25, -0.2) is 0 Å². The summed E-state index contributed by atoms with van der Waals surface area (Å²) in [4.78, 5) is 10.7. The Hall–Kier alpha value is -0.630. The third kappa shape index (κ3) is 0.900. The number of carbonyl (C=O) groups excluding carboxylic acids is 1. The van der Waals surface area contributed by atoms with Gasteiger partial charge < -0.3 is 4.74 Å². The minimum atomic E-state index is -0.192. The lowest BCUT2D eigenvalue weighted by Gasteiger charge is -2.30. The fraction of sp³-hybridized carbons (Fsp3) is 0.571. The van der Waals surface area contributed by atoms with Crippen LogP contribution >= 0.6 is 0 Å². The summed E-state index contributed by atoms with van der Waals surface area (Å²) >= 11 is 0. The average molecular weight is 126 g/mol. The molecule has 0 bridgehead atoms. The van der Waals surface area contributed by atoms with Crippen molar-refractivity contribution in [1.82, 2.24) is 0 Å². The second-order valence-corrected chi connectivity index (χ2v) is 2.23. The number of ketones is 1. The van der Waals surface area contributed by atoms with Crippen LogP contribution in [-0.2, 0) is 9.53 Å². The van der Waals surface area contributed by atoms with Crippen LogP contribution in [0.3, 0.4) is 0 Å². The number of ether oxygens (including phenoxy) is 1. The van der Waals surface area contributed by atoms with Gasteiger partial charge in [0.15, 0.2) is 5.78 Å². The van der Waals surface area contributed by atoms with Crippen LogP contribution in [0, 0.1) is 5.92 Å². The zero-order valence-electron chi connectivity index (χ0n) is 5.46. The summed E-state index contributed by atoms with van der Waals surface area (Å²) in [6.45, 7) is 3.58. The molecule has 2 nitrogen and oxygen atoms in total. The molecule has 9 heavy (non-hydrogen) atoms. The van der Waals surface area contributed by atoms with Gasteiger partial charge in [-0.15, -0.1) is 6.58 Å². The fourth-order valence-electron chi connectivity index (χ4n) is 1.05. The first-order chi connectivity index (χ1) is 4.29. The summed E-state index contributed by atoms with van der Waals surface area (Å²) in [5.41, 5.74) is 0. The first kappa shape index (κ1) is 6.49. The molecule has 1 fully saturated rings. The molecule has 0 aromatic rings. The summed E-state index contributed by atoms with van der Waals surface area (Å²) < 4.78 is 4.88. The molecule has 2 unspecified atom stereocenters. The lowest BCUT2D eigenvalue weighted by molar-refractivity contribution is -0.142. The Balaban J connectivity index is 2.46. The summed E-state index contributed by atoms with van der Waals surface area (Å²) in [6.07, 6.45) is 2.19. The van der Waals surface area contributed by atoms with Crippen LogP contribution in [0.25, 0.3) is 0 Å². The maximum absolute atomic E-state index is 10.7. The zero-order chi connectivity index (χ0) is 6.85.